The van der Waals surface area contributed by atoms with E-state index in [0.717, 1.165) is 45.9 Å². The molecule has 0 saturated carbocycles. The van der Waals surface area contributed by atoms with Crippen molar-refractivity contribution in [1.82, 2.24) is 10.2 Å². The first-order valence-electron chi connectivity index (χ1n) is 9.55. The SMILES string of the molecule is BCc1cccc(-c2nnc(-c3ccc(CC(C)C)c(C#N)c3)s2)c1CC. The minimum Gasteiger partial charge on any atom is -0.192 e. The van der Waals surface area contributed by atoms with E-state index in [9.17, 15) is 5.26 Å². The Kier molecular flexibility index (Phi) is 6.08. The smallest absolute Gasteiger partial charge is 0.148 e. The molecule has 1 heterocycles. The lowest BCUT2D eigenvalue weighted by Crippen LogP contribution is -1.97. The van der Waals surface area contributed by atoms with Crippen LogP contribution in [0.25, 0.3) is 21.1 Å². The van der Waals surface area contributed by atoms with Crippen molar-refractivity contribution in [3.8, 4) is 27.2 Å². The predicted molar refractivity (Wildman–Crippen MR) is 116 cm³/mol. The second-order valence-electron chi connectivity index (χ2n) is 7.14. The minimum absolute atomic E-state index is 0.523. The fourth-order valence-electron chi connectivity index (χ4n) is 3.46. The standard InChI is InChI=1S/C22H24BN3S/c1-4-19-17(12-23)6-5-7-20(19)22-26-25-21(27-22)16-9-8-15(10-14(2)3)18(11-16)13-24/h5-9,11,14H,4,10,12,23H2,1-3H3. The summed E-state index contributed by atoms with van der Waals surface area (Å²) in [6.45, 7) is 6.52. The maximum Gasteiger partial charge on any atom is 0.148 e. The van der Waals surface area contributed by atoms with Gasteiger partial charge in [-0.05, 0) is 36.0 Å². The molecule has 0 unspecified atom stereocenters. The van der Waals surface area contributed by atoms with E-state index in [-0.39, 0.29) is 0 Å². The second kappa shape index (κ2) is 8.50. The fraction of sp³-hybridized carbons (Fsp3) is 0.318. The summed E-state index contributed by atoms with van der Waals surface area (Å²) < 4.78 is 0. The highest BCUT2D eigenvalue weighted by Crippen LogP contribution is 2.34. The van der Waals surface area contributed by atoms with Gasteiger partial charge in [-0.1, -0.05) is 74.3 Å². The van der Waals surface area contributed by atoms with Crippen LogP contribution in [0.4, 0.5) is 0 Å². The van der Waals surface area contributed by atoms with Crippen LogP contribution in [0, 0.1) is 17.2 Å². The average molecular weight is 373 g/mol. The summed E-state index contributed by atoms with van der Waals surface area (Å²) in [5.74, 6) is 0.523. The van der Waals surface area contributed by atoms with E-state index >= 15 is 0 Å². The highest BCUT2D eigenvalue weighted by atomic mass is 32.1. The van der Waals surface area contributed by atoms with Crippen LogP contribution in [-0.4, -0.2) is 18.0 Å². The van der Waals surface area contributed by atoms with Crippen LogP contribution in [0.3, 0.4) is 0 Å². The molecule has 0 N–H and O–H groups in total. The topological polar surface area (TPSA) is 49.6 Å². The van der Waals surface area contributed by atoms with Crippen molar-refractivity contribution < 1.29 is 0 Å². The van der Waals surface area contributed by atoms with E-state index in [1.165, 1.54) is 16.7 Å². The van der Waals surface area contributed by atoms with Crippen LogP contribution < -0.4 is 0 Å². The van der Waals surface area contributed by atoms with Crippen LogP contribution in [-0.2, 0) is 19.2 Å². The van der Waals surface area contributed by atoms with Crippen molar-refractivity contribution in [3.05, 3.63) is 58.7 Å². The van der Waals surface area contributed by atoms with Crippen molar-refractivity contribution >= 4 is 19.2 Å². The van der Waals surface area contributed by atoms with E-state index in [0.29, 0.717) is 5.92 Å². The molecule has 0 fully saturated rings. The number of hydrogen-bond acceptors (Lipinski definition) is 4. The van der Waals surface area contributed by atoms with Crippen LogP contribution in [0.5, 0.6) is 0 Å². The van der Waals surface area contributed by atoms with Gasteiger partial charge in [0.2, 0.25) is 0 Å². The van der Waals surface area contributed by atoms with Crippen molar-refractivity contribution in [2.24, 2.45) is 5.92 Å². The monoisotopic (exact) mass is 373 g/mol. The van der Waals surface area contributed by atoms with Gasteiger partial charge in [0.05, 0.1) is 11.6 Å². The summed E-state index contributed by atoms with van der Waals surface area (Å²) in [4.78, 5) is 0. The molecule has 0 amide bonds. The van der Waals surface area contributed by atoms with E-state index in [1.54, 1.807) is 11.3 Å². The van der Waals surface area contributed by atoms with E-state index in [2.05, 4.69) is 75.2 Å². The molecule has 3 aromatic rings. The summed E-state index contributed by atoms with van der Waals surface area (Å²) in [5, 5.41) is 20.2. The van der Waals surface area contributed by atoms with Gasteiger partial charge in [0.1, 0.15) is 17.9 Å². The van der Waals surface area contributed by atoms with Crippen LogP contribution in [0.2, 0.25) is 0 Å². The molecule has 3 nitrogen and oxygen atoms in total. The fourth-order valence-corrected chi connectivity index (χ4v) is 4.36. The molecule has 136 valence electrons. The summed E-state index contributed by atoms with van der Waals surface area (Å²) in [6.07, 6.45) is 2.91. The largest absolute Gasteiger partial charge is 0.192 e. The Hall–Kier alpha value is -2.45. The van der Waals surface area contributed by atoms with Gasteiger partial charge in [0, 0.05) is 11.1 Å². The van der Waals surface area contributed by atoms with Gasteiger partial charge in [-0.15, -0.1) is 10.2 Å². The molecule has 0 aliphatic rings. The molecule has 0 aliphatic heterocycles. The van der Waals surface area contributed by atoms with Gasteiger partial charge in [-0.2, -0.15) is 5.26 Å². The summed E-state index contributed by atoms with van der Waals surface area (Å²) in [6, 6.07) is 14.8. The Labute approximate surface area is 166 Å². The molecule has 0 bridgehead atoms. The Morgan fingerprint density at radius 1 is 1.11 bits per heavy atom. The van der Waals surface area contributed by atoms with Gasteiger partial charge in [0.25, 0.3) is 0 Å². The molecular weight excluding hydrogens is 349 g/mol. The molecule has 5 heteroatoms. The van der Waals surface area contributed by atoms with Crippen molar-refractivity contribution in [1.29, 1.82) is 5.26 Å². The van der Waals surface area contributed by atoms with Crippen LogP contribution >= 0.6 is 11.3 Å². The lowest BCUT2D eigenvalue weighted by Gasteiger charge is -2.10. The lowest BCUT2D eigenvalue weighted by atomic mass is 9.89. The number of nitrogens with zero attached hydrogens (tertiary/aromatic N) is 3. The lowest BCUT2D eigenvalue weighted by molar-refractivity contribution is 0.646. The zero-order valence-electron chi connectivity index (χ0n) is 16.4. The zero-order chi connectivity index (χ0) is 19.4. The van der Waals surface area contributed by atoms with Gasteiger partial charge in [-0.3, -0.25) is 0 Å². The molecular formula is C22H24BN3S. The first-order chi connectivity index (χ1) is 13.1. The molecule has 0 radical (unpaired) electrons. The molecule has 3 rings (SSSR count). The highest BCUT2D eigenvalue weighted by Gasteiger charge is 2.15. The number of rotatable bonds is 6. The van der Waals surface area contributed by atoms with Gasteiger partial charge >= 0.3 is 0 Å². The van der Waals surface area contributed by atoms with Gasteiger partial charge in [-0.25, -0.2) is 0 Å². The van der Waals surface area contributed by atoms with Gasteiger partial charge in [0.15, 0.2) is 0 Å². The highest BCUT2D eigenvalue weighted by molar-refractivity contribution is 7.17. The summed E-state index contributed by atoms with van der Waals surface area (Å²) in [5.41, 5.74) is 6.71. The minimum atomic E-state index is 0.523. The van der Waals surface area contributed by atoms with E-state index in [1.807, 2.05) is 6.07 Å². The molecule has 0 spiro atoms. The van der Waals surface area contributed by atoms with Crippen LogP contribution in [0.15, 0.2) is 36.4 Å². The number of aromatic nitrogens is 2. The van der Waals surface area contributed by atoms with Crippen LogP contribution in [0.1, 0.15) is 43.0 Å². The van der Waals surface area contributed by atoms with Crippen molar-refractivity contribution in [3.63, 3.8) is 0 Å². The Morgan fingerprint density at radius 2 is 1.89 bits per heavy atom. The first-order valence-corrected chi connectivity index (χ1v) is 10.4. The number of nitriles is 1. The third-order valence-corrected chi connectivity index (χ3v) is 5.77. The van der Waals surface area contributed by atoms with Gasteiger partial charge < -0.3 is 0 Å². The molecule has 2 aromatic carbocycles. The number of hydrogen-bond donors (Lipinski definition) is 0. The average Bonchev–Trinajstić information content (AvgIpc) is 3.17. The molecule has 0 aliphatic carbocycles. The second-order valence-corrected chi connectivity index (χ2v) is 8.12. The third kappa shape index (κ3) is 4.12. The molecule has 0 atom stereocenters. The van der Waals surface area contributed by atoms with Crippen molar-refractivity contribution in [2.45, 2.75) is 39.9 Å². The predicted octanol–water partition coefficient (Wildman–Crippen LogP) is 4.64. The molecule has 1 aromatic heterocycles. The quantitative estimate of drug-likeness (QED) is 0.592. The Morgan fingerprint density at radius 3 is 2.56 bits per heavy atom. The van der Waals surface area contributed by atoms with E-state index < -0.39 is 0 Å². The maximum absolute atomic E-state index is 9.53. The molecule has 0 saturated heterocycles. The number of benzene rings is 2. The Balaban J connectivity index is 1.99. The summed E-state index contributed by atoms with van der Waals surface area (Å²) >= 11 is 1.60. The third-order valence-electron chi connectivity index (χ3n) is 4.77. The van der Waals surface area contributed by atoms with Crippen molar-refractivity contribution in [2.75, 3.05) is 0 Å². The normalized spacial score (nSPS) is 10.9. The Bertz CT molecular complexity index is 985. The van der Waals surface area contributed by atoms with E-state index in [4.69, 9.17) is 0 Å². The summed E-state index contributed by atoms with van der Waals surface area (Å²) in [7, 11) is 2.19. The maximum atomic E-state index is 9.53. The zero-order valence-corrected chi connectivity index (χ0v) is 17.2. The molecule has 27 heavy (non-hydrogen) atoms. The first kappa shape index (κ1) is 19.3.